The minimum absolute atomic E-state index is 0.205. The van der Waals surface area contributed by atoms with Gasteiger partial charge in [-0.15, -0.1) is 0 Å². The molecule has 27 heavy (non-hydrogen) atoms. The Kier molecular flexibility index (Phi) is 4.34. The van der Waals surface area contributed by atoms with Gasteiger partial charge in [-0.25, -0.2) is 0 Å². The number of benzene rings is 2. The van der Waals surface area contributed by atoms with E-state index in [0.29, 0.717) is 28.2 Å². The average molecular weight is 359 g/mol. The maximum absolute atomic E-state index is 12.6. The molecule has 0 saturated carbocycles. The van der Waals surface area contributed by atoms with E-state index in [1.165, 1.54) is 0 Å². The highest BCUT2D eigenvalue weighted by Crippen LogP contribution is 2.31. The van der Waals surface area contributed by atoms with Crippen LogP contribution in [0.3, 0.4) is 0 Å². The molecule has 2 aromatic heterocycles. The van der Waals surface area contributed by atoms with Gasteiger partial charge in [0.1, 0.15) is 29.4 Å². The number of para-hydroxylation sites is 1. The molecule has 0 aliphatic rings. The second-order valence-corrected chi connectivity index (χ2v) is 6.00. The number of nitrogens with zero attached hydrogens (tertiary/aromatic N) is 1. The Morgan fingerprint density at radius 2 is 2.00 bits per heavy atom. The third-order valence-electron chi connectivity index (χ3n) is 4.17. The van der Waals surface area contributed by atoms with Crippen LogP contribution in [0, 0.1) is 6.92 Å². The minimum Gasteiger partial charge on any atom is -0.482 e. The molecule has 0 amide bonds. The number of aryl methyl sites for hydroxylation is 1. The van der Waals surface area contributed by atoms with Crippen LogP contribution >= 0.6 is 0 Å². The smallest absolute Gasteiger partial charge is 0.234 e. The van der Waals surface area contributed by atoms with Crippen molar-refractivity contribution >= 4 is 21.9 Å². The topological polar surface area (TPSA) is 61.6 Å². The van der Waals surface area contributed by atoms with Crippen molar-refractivity contribution in [2.75, 3.05) is 6.61 Å². The molecule has 0 atom stereocenters. The van der Waals surface area contributed by atoms with Crippen molar-refractivity contribution in [2.24, 2.45) is 0 Å². The second kappa shape index (κ2) is 6.96. The maximum atomic E-state index is 12.6. The quantitative estimate of drug-likeness (QED) is 0.469. The standard InChI is InChI=1S/C22H17NO4/c1-3-12-25-22-14(2)26-20-13-15(8-9-17(20)21(22)24)27-19-10-11-23-18-7-5-4-6-16(18)19/h3-11,13H,1,12H2,2H3. The van der Waals surface area contributed by atoms with Gasteiger partial charge in [0.2, 0.25) is 11.2 Å². The van der Waals surface area contributed by atoms with Crippen molar-refractivity contribution in [1.82, 2.24) is 4.98 Å². The molecule has 0 bridgehead atoms. The molecule has 134 valence electrons. The van der Waals surface area contributed by atoms with Crippen molar-refractivity contribution in [1.29, 1.82) is 0 Å². The van der Waals surface area contributed by atoms with Crippen molar-refractivity contribution in [3.8, 4) is 17.2 Å². The van der Waals surface area contributed by atoms with E-state index >= 15 is 0 Å². The fraction of sp³-hybridized carbons (Fsp3) is 0.0909. The van der Waals surface area contributed by atoms with Crippen LogP contribution in [0.25, 0.3) is 21.9 Å². The lowest BCUT2D eigenvalue weighted by Crippen LogP contribution is -2.10. The van der Waals surface area contributed by atoms with Crippen molar-refractivity contribution < 1.29 is 13.9 Å². The normalized spacial score (nSPS) is 10.9. The van der Waals surface area contributed by atoms with Crippen molar-refractivity contribution in [3.63, 3.8) is 0 Å². The molecule has 0 aliphatic heterocycles. The lowest BCUT2D eigenvalue weighted by molar-refractivity contribution is 0.341. The van der Waals surface area contributed by atoms with Crippen LogP contribution in [0.5, 0.6) is 17.2 Å². The first kappa shape index (κ1) is 16.8. The molecule has 0 N–H and O–H groups in total. The van der Waals surface area contributed by atoms with Gasteiger partial charge in [0.05, 0.1) is 10.9 Å². The SMILES string of the molecule is C=CCOc1c(C)oc2cc(Oc3ccnc4ccccc34)ccc2c1=O. The van der Waals surface area contributed by atoms with Gasteiger partial charge in [-0.1, -0.05) is 24.8 Å². The molecule has 4 aromatic rings. The average Bonchev–Trinajstić information content (AvgIpc) is 2.68. The van der Waals surface area contributed by atoms with Gasteiger partial charge >= 0.3 is 0 Å². The highest BCUT2D eigenvalue weighted by Gasteiger charge is 2.14. The molecule has 2 aromatic carbocycles. The van der Waals surface area contributed by atoms with Gasteiger partial charge in [-0.05, 0) is 37.3 Å². The molecule has 0 spiro atoms. The van der Waals surface area contributed by atoms with Crippen molar-refractivity contribution in [2.45, 2.75) is 6.92 Å². The Balaban J connectivity index is 1.75. The summed E-state index contributed by atoms with van der Waals surface area (Å²) in [6.45, 7) is 5.53. The molecule has 4 rings (SSSR count). The lowest BCUT2D eigenvalue weighted by atomic mass is 10.2. The summed E-state index contributed by atoms with van der Waals surface area (Å²) in [5.41, 5.74) is 1.08. The van der Waals surface area contributed by atoms with Gasteiger partial charge in [-0.2, -0.15) is 0 Å². The Hall–Kier alpha value is -3.60. The fourth-order valence-corrected chi connectivity index (χ4v) is 2.93. The van der Waals surface area contributed by atoms with Gasteiger partial charge in [0, 0.05) is 17.6 Å². The summed E-state index contributed by atoms with van der Waals surface area (Å²) in [6, 6.07) is 14.7. The molecule has 5 nitrogen and oxygen atoms in total. The van der Waals surface area contributed by atoms with Crippen LogP contribution < -0.4 is 14.9 Å². The summed E-state index contributed by atoms with van der Waals surface area (Å²) in [7, 11) is 0. The third-order valence-corrected chi connectivity index (χ3v) is 4.17. The van der Waals surface area contributed by atoms with Gasteiger partial charge < -0.3 is 13.9 Å². The molecule has 5 heteroatoms. The number of aromatic nitrogens is 1. The first-order chi connectivity index (χ1) is 13.2. The minimum atomic E-state index is -0.212. The molecule has 0 saturated heterocycles. The first-order valence-corrected chi connectivity index (χ1v) is 8.50. The number of hydrogen-bond donors (Lipinski definition) is 0. The van der Waals surface area contributed by atoms with E-state index in [0.717, 1.165) is 10.9 Å². The van der Waals surface area contributed by atoms with E-state index < -0.39 is 0 Å². The summed E-state index contributed by atoms with van der Waals surface area (Å²) in [4.78, 5) is 17.0. The predicted molar refractivity (Wildman–Crippen MR) is 105 cm³/mol. The van der Waals surface area contributed by atoms with Crippen LogP contribution in [0.15, 0.2) is 76.6 Å². The Bertz CT molecular complexity index is 1200. The zero-order chi connectivity index (χ0) is 18.8. The zero-order valence-corrected chi connectivity index (χ0v) is 14.8. The van der Waals surface area contributed by atoms with E-state index in [2.05, 4.69) is 11.6 Å². The molecule has 0 aliphatic carbocycles. The Morgan fingerprint density at radius 1 is 1.15 bits per heavy atom. The molecule has 2 heterocycles. The zero-order valence-electron chi connectivity index (χ0n) is 14.8. The predicted octanol–water partition coefficient (Wildman–Crippen LogP) is 5.01. The Labute approximate surface area is 155 Å². The Morgan fingerprint density at radius 3 is 2.85 bits per heavy atom. The van der Waals surface area contributed by atoms with E-state index in [1.54, 1.807) is 43.5 Å². The van der Waals surface area contributed by atoms with Gasteiger partial charge in [-0.3, -0.25) is 9.78 Å². The number of ether oxygens (including phenoxy) is 2. The number of fused-ring (bicyclic) bond motifs is 2. The van der Waals surface area contributed by atoms with Crippen LogP contribution in [-0.4, -0.2) is 11.6 Å². The highest BCUT2D eigenvalue weighted by molar-refractivity contribution is 5.85. The maximum Gasteiger partial charge on any atom is 0.234 e. The summed E-state index contributed by atoms with van der Waals surface area (Å²) in [5.74, 6) is 1.88. The fourth-order valence-electron chi connectivity index (χ4n) is 2.93. The summed E-state index contributed by atoms with van der Waals surface area (Å²) in [5, 5.41) is 1.34. The summed E-state index contributed by atoms with van der Waals surface area (Å²) in [6.07, 6.45) is 3.28. The van der Waals surface area contributed by atoms with Crippen LogP contribution in [-0.2, 0) is 0 Å². The van der Waals surface area contributed by atoms with E-state index in [4.69, 9.17) is 13.9 Å². The van der Waals surface area contributed by atoms with E-state index in [9.17, 15) is 4.79 Å². The largest absolute Gasteiger partial charge is 0.482 e. The number of rotatable bonds is 5. The molecule has 0 radical (unpaired) electrons. The monoisotopic (exact) mass is 359 g/mol. The highest BCUT2D eigenvalue weighted by atomic mass is 16.5. The van der Waals surface area contributed by atoms with Gasteiger partial charge in [0.25, 0.3) is 0 Å². The summed E-state index contributed by atoms with van der Waals surface area (Å²) < 4.78 is 17.2. The van der Waals surface area contributed by atoms with Crippen molar-refractivity contribution in [3.05, 3.63) is 83.4 Å². The molecule has 0 unspecified atom stereocenters. The summed E-state index contributed by atoms with van der Waals surface area (Å²) >= 11 is 0. The lowest BCUT2D eigenvalue weighted by Gasteiger charge is -2.10. The molecular formula is C22H17NO4. The van der Waals surface area contributed by atoms with Crippen LogP contribution in [0.2, 0.25) is 0 Å². The van der Waals surface area contributed by atoms with E-state index in [1.807, 2.05) is 24.3 Å². The molecule has 0 fully saturated rings. The first-order valence-electron chi connectivity index (χ1n) is 8.50. The van der Waals surface area contributed by atoms with Gasteiger partial charge in [0.15, 0.2) is 0 Å². The van der Waals surface area contributed by atoms with Crippen LogP contribution in [0.1, 0.15) is 5.76 Å². The number of pyridine rings is 1. The van der Waals surface area contributed by atoms with Crippen LogP contribution in [0.4, 0.5) is 0 Å². The van der Waals surface area contributed by atoms with E-state index in [-0.39, 0.29) is 17.8 Å². The molecular weight excluding hydrogens is 342 g/mol. The second-order valence-electron chi connectivity index (χ2n) is 6.00. The number of hydrogen-bond acceptors (Lipinski definition) is 5. The third kappa shape index (κ3) is 3.15.